The second-order valence-corrected chi connectivity index (χ2v) is 6.30. The van der Waals surface area contributed by atoms with Crippen molar-refractivity contribution in [3.63, 3.8) is 0 Å². The lowest BCUT2D eigenvalue weighted by atomic mass is 9.99. The summed E-state index contributed by atoms with van der Waals surface area (Å²) in [5.41, 5.74) is 7.03. The molecule has 1 saturated carbocycles. The molecular formula is C14H23N3OS. The van der Waals surface area contributed by atoms with Gasteiger partial charge in [0, 0.05) is 23.5 Å². The molecule has 3 atom stereocenters. The minimum Gasteiger partial charge on any atom is -0.347 e. The Morgan fingerprint density at radius 1 is 1.63 bits per heavy atom. The number of carbonyl (C=O) groups excluding carboxylic acids is 1. The van der Waals surface area contributed by atoms with Crippen molar-refractivity contribution >= 4 is 17.2 Å². The van der Waals surface area contributed by atoms with Crippen LogP contribution < -0.4 is 11.1 Å². The zero-order valence-electron chi connectivity index (χ0n) is 11.7. The van der Waals surface area contributed by atoms with Crippen molar-refractivity contribution in [3.8, 4) is 0 Å². The number of aromatic nitrogens is 1. The van der Waals surface area contributed by atoms with E-state index in [-0.39, 0.29) is 18.0 Å². The standard InChI is InChI=1S/C14H23N3OS/c1-3-12(14-16-9(2)8-19-14)17-13(18)7-10-5-4-6-11(10)15/h8,10-12H,3-7,15H2,1-2H3,(H,17,18)/t10-,11+,12?/m0/s1. The average molecular weight is 281 g/mol. The average Bonchev–Trinajstić information content (AvgIpc) is 2.96. The molecule has 0 saturated heterocycles. The Hall–Kier alpha value is -0.940. The summed E-state index contributed by atoms with van der Waals surface area (Å²) in [5.74, 6) is 0.470. The van der Waals surface area contributed by atoms with E-state index in [0.29, 0.717) is 12.3 Å². The van der Waals surface area contributed by atoms with E-state index < -0.39 is 0 Å². The fourth-order valence-corrected chi connectivity index (χ4v) is 3.61. The van der Waals surface area contributed by atoms with Crippen molar-refractivity contribution in [1.82, 2.24) is 10.3 Å². The maximum absolute atomic E-state index is 12.1. The number of amides is 1. The maximum atomic E-state index is 12.1. The lowest BCUT2D eigenvalue weighted by molar-refractivity contribution is -0.122. The van der Waals surface area contributed by atoms with E-state index in [9.17, 15) is 4.79 Å². The molecule has 1 aliphatic rings. The van der Waals surface area contributed by atoms with Gasteiger partial charge in [-0.05, 0) is 32.1 Å². The first kappa shape index (κ1) is 14.5. The van der Waals surface area contributed by atoms with Crippen LogP contribution >= 0.6 is 11.3 Å². The van der Waals surface area contributed by atoms with Gasteiger partial charge in [0.25, 0.3) is 0 Å². The van der Waals surface area contributed by atoms with Crippen molar-refractivity contribution in [1.29, 1.82) is 0 Å². The number of hydrogen-bond donors (Lipinski definition) is 2. The van der Waals surface area contributed by atoms with Crippen LogP contribution in [-0.4, -0.2) is 16.9 Å². The molecule has 3 N–H and O–H groups in total. The van der Waals surface area contributed by atoms with Crippen molar-refractivity contribution in [2.75, 3.05) is 0 Å². The van der Waals surface area contributed by atoms with Crippen LogP contribution in [0.25, 0.3) is 0 Å². The molecule has 0 spiro atoms. The van der Waals surface area contributed by atoms with Gasteiger partial charge in [0.1, 0.15) is 5.01 Å². The first-order chi connectivity index (χ1) is 9.10. The van der Waals surface area contributed by atoms with Crippen LogP contribution in [0.2, 0.25) is 0 Å². The molecule has 0 aliphatic heterocycles. The molecule has 0 radical (unpaired) electrons. The number of rotatable bonds is 5. The van der Waals surface area contributed by atoms with Crippen LogP contribution in [0.15, 0.2) is 5.38 Å². The highest BCUT2D eigenvalue weighted by atomic mass is 32.1. The Kier molecular flexibility index (Phi) is 4.93. The van der Waals surface area contributed by atoms with E-state index in [4.69, 9.17) is 5.73 Å². The topological polar surface area (TPSA) is 68.0 Å². The molecule has 106 valence electrons. The SMILES string of the molecule is CCC(NC(=O)C[C@@H]1CCC[C@H]1N)c1nc(C)cs1. The quantitative estimate of drug-likeness (QED) is 0.871. The van der Waals surface area contributed by atoms with Crippen LogP contribution in [-0.2, 0) is 4.79 Å². The minimum absolute atomic E-state index is 0.0452. The van der Waals surface area contributed by atoms with Crippen molar-refractivity contribution in [2.45, 2.75) is 58.0 Å². The lowest BCUT2D eigenvalue weighted by Gasteiger charge is -2.18. The van der Waals surface area contributed by atoms with Crippen LogP contribution in [0.4, 0.5) is 0 Å². The highest BCUT2D eigenvalue weighted by molar-refractivity contribution is 7.09. The molecule has 1 aliphatic carbocycles. The van der Waals surface area contributed by atoms with E-state index in [1.807, 2.05) is 12.3 Å². The third-order valence-electron chi connectivity index (χ3n) is 3.84. The van der Waals surface area contributed by atoms with Crippen LogP contribution in [0.1, 0.15) is 55.8 Å². The van der Waals surface area contributed by atoms with Crippen molar-refractivity contribution in [3.05, 3.63) is 16.1 Å². The number of nitrogens with two attached hydrogens (primary N) is 1. The first-order valence-corrected chi connectivity index (χ1v) is 7.95. The number of thiazole rings is 1. The van der Waals surface area contributed by atoms with Gasteiger partial charge >= 0.3 is 0 Å². The Morgan fingerprint density at radius 3 is 2.95 bits per heavy atom. The minimum atomic E-state index is 0.0452. The summed E-state index contributed by atoms with van der Waals surface area (Å²) in [4.78, 5) is 16.6. The fraction of sp³-hybridized carbons (Fsp3) is 0.714. The summed E-state index contributed by atoms with van der Waals surface area (Å²) >= 11 is 1.62. The zero-order chi connectivity index (χ0) is 13.8. The lowest BCUT2D eigenvalue weighted by Crippen LogP contribution is -2.33. The number of aryl methyl sites for hydroxylation is 1. The molecule has 0 aromatic carbocycles. The fourth-order valence-electron chi connectivity index (χ4n) is 2.68. The van der Waals surface area contributed by atoms with Gasteiger partial charge in [-0.15, -0.1) is 11.3 Å². The number of carbonyl (C=O) groups is 1. The molecule has 1 unspecified atom stereocenters. The molecule has 1 heterocycles. The van der Waals surface area contributed by atoms with Crippen LogP contribution in [0.5, 0.6) is 0 Å². The smallest absolute Gasteiger partial charge is 0.220 e. The summed E-state index contributed by atoms with van der Waals surface area (Å²) in [6, 6.07) is 0.247. The van der Waals surface area contributed by atoms with E-state index in [2.05, 4.69) is 17.2 Å². The van der Waals surface area contributed by atoms with Gasteiger partial charge in [0.15, 0.2) is 0 Å². The predicted octanol–water partition coefficient (Wildman–Crippen LogP) is 2.54. The number of nitrogens with zero attached hydrogens (tertiary/aromatic N) is 1. The van der Waals surface area contributed by atoms with Gasteiger partial charge in [-0.25, -0.2) is 4.98 Å². The summed E-state index contributed by atoms with van der Waals surface area (Å²) in [5, 5.41) is 6.13. The summed E-state index contributed by atoms with van der Waals surface area (Å²) in [7, 11) is 0. The van der Waals surface area contributed by atoms with Crippen LogP contribution in [0, 0.1) is 12.8 Å². The van der Waals surface area contributed by atoms with Crippen LogP contribution in [0.3, 0.4) is 0 Å². The Balaban J connectivity index is 1.89. The molecule has 1 aromatic heterocycles. The maximum Gasteiger partial charge on any atom is 0.220 e. The van der Waals surface area contributed by atoms with Gasteiger partial charge in [-0.3, -0.25) is 4.79 Å². The van der Waals surface area contributed by atoms with Gasteiger partial charge in [0.2, 0.25) is 5.91 Å². The van der Waals surface area contributed by atoms with Crippen molar-refractivity contribution < 1.29 is 4.79 Å². The number of hydrogen-bond acceptors (Lipinski definition) is 4. The molecule has 4 nitrogen and oxygen atoms in total. The Morgan fingerprint density at radius 2 is 2.42 bits per heavy atom. The largest absolute Gasteiger partial charge is 0.347 e. The third kappa shape index (κ3) is 3.76. The summed E-state index contributed by atoms with van der Waals surface area (Å²) in [6.07, 6.45) is 4.72. The predicted molar refractivity (Wildman–Crippen MR) is 78.0 cm³/mol. The molecular weight excluding hydrogens is 258 g/mol. The second kappa shape index (κ2) is 6.48. The summed E-state index contributed by atoms with van der Waals surface area (Å²) < 4.78 is 0. The molecule has 1 amide bonds. The van der Waals surface area contributed by atoms with Gasteiger partial charge in [-0.1, -0.05) is 13.3 Å². The van der Waals surface area contributed by atoms with Crippen molar-refractivity contribution in [2.24, 2.45) is 11.7 Å². The summed E-state index contributed by atoms with van der Waals surface area (Å²) in [6.45, 7) is 4.05. The third-order valence-corrected chi connectivity index (χ3v) is 4.92. The Bertz CT molecular complexity index is 432. The molecule has 0 bridgehead atoms. The molecule has 5 heteroatoms. The normalized spacial score (nSPS) is 24.4. The molecule has 2 rings (SSSR count). The number of nitrogens with one attached hydrogen (secondary N) is 1. The molecule has 1 fully saturated rings. The molecule has 1 aromatic rings. The monoisotopic (exact) mass is 281 g/mol. The Labute approximate surface area is 118 Å². The second-order valence-electron chi connectivity index (χ2n) is 5.41. The van der Waals surface area contributed by atoms with E-state index >= 15 is 0 Å². The van der Waals surface area contributed by atoms with E-state index in [1.54, 1.807) is 11.3 Å². The zero-order valence-corrected chi connectivity index (χ0v) is 12.5. The van der Waals surface area contributed by atoms with Gasteiger partial charge in [0.05, 0.1) is 6.04 Å². The highest BCUT2D eigenvalue weighted by Gasteiger charge is 2.27. The van der Waals surface area contributed by atoms with Gasteiger partial charge < -0.3 is 11.1 Å². The van der Waals surface area contributed by atoms with E-state index in [0.717, 1.165) is 36.4 Å². The first-order valence-electron chi connectivity index (χ1n) is 7.07. The van der Waals surface area contributed by atoms with Gasteiger partial charge in [-0.2, -0.15) is 0 Å². The van der Waals surface area contributed by atoms with E-state index in [1.165, 1.54) is 0 Å². The highest BCUT2D eigenvalue weighted by Crippen LogP contribution is 2.27. The molecule has 19 heavy (non-hydrogen) atoms.